The second-order valence-electron chi connectivity index (χ2n) is 8.18. The van der Waals surface area contributed by atoms with Crippen molar-refractivity contribution in [2.75, 3.05) is 36.5 Å². The van der Waals surface area contributed by atoms with Crippen LogP contribution in [0.1, 0.15) is 5.56 Å². The van der Waals surface area contributed by atoms with Crippen molar-refractivity contribution in [3.63, 3.8) is 0 Å². The Kier molecular flexibility index (Phi) is 6.63. The standard InChI is InChI=1S/C27H26N6O2/c1-2-24(34)29-17-19-4-3-5-20(16-19)25-26-21(10-11-28-25)18-30-27(32-26)31-22-6-8-23(9-7-22)33-12-14-35-15-13-33/h2-11,16,18H,1,12-15,17H2,(H,29,34)(H,30,31,32). The number of fused-ring (bicyclic) bond motifs is 1. The first-order chi connectivity index (χ1) is 17.2. The summed E-state index contributed by atoms with van der Waals surface area (Å²) in [5.41, 5.74) is 5.47. The number of rotatable bonds is 7. The molecular weight excluding hydrogens is 440 g/mol. The quantitative estimate of drug-likeness (QED) is 0.397. The highest BCUT2D eigenvalue weighted by atomic mass is 16.5. The highest BCUT2D eigenvalue weighted by molar-refractivity contribution is 5.91. The van der Waals surface area contributed by atoms with Crippen molar-refractivity contribution in [3.05, 3.63) is 85.2 Å². The maximum Gasteiger partial charge on any atom is 0.243 e. The van der Waals surface area contributed by atoms with Crippen LogP contribution in [-0.2, 0) is 16.1 Å². The molecule has 4 aromatic rings. The first kappa shape index (κ1) is 22.5. The van der Waals surface area contributed by atoms with Crippen LogP contribution in [0.25, 0.3) is 22.2 Å². The van der Waals surface area contributed by atoms with E-state index >= 15 is 0 Å². The molecule has 1 amide bonds. The van der Waals surface area contributed by atoms with E-state index in [0.29, 0.717) is 12.5 Å². The number of ether oxygens (including phenoxy) is 1. The van der Waals surface area contributed by atoms with Gasteiger partial charge in [-0.3, -0.25) is 9.78 Å². The van der Waals surface area contributed by atoms with Crippen molar-refractivity contribution in [1.29, 1.82) is 0 Å². The number of carbonyl (C=O) groups excluding carboxylic acids is 1. The van der Waals surface area contributed by atoms with Crippen LogP contribution in [0.3, 0.4) is 0 Å². The van der Waals surface area contributed by atoms with Crippen LogP contribution in [0.2, 0.25) is 0 Å². The topological polar surface area (TPSA) is 92.3 Å². The zero-order valence-corrected chi connectivity index (χ0v) is 19.3. The molecule has 8 heteroatoms. The Bertz CT molecular complexity index is 1350. The molecule has 176 valence electrons. The first-order valence-corrected chi connectivity index (χ1v) is 11.5. The minimum absolute atomic E-state index is 0.208. The summed E-state index contributed by atoms with van der Waals surface area (Å²) in [4.78, 5) is 27.7. The molecule has 8 nitrogen and oxygen atoms in total. The van der Waals surface area contributed by atoms with Gasteiger partial charge in [-0.15, -0.1) is 0 Å². The molecular formula is C27H26N6O2. The summed E-state index contributed by atoms with van der Waals surface area (Å²) in [5.74, 6) is 0.292. The second kappa shape index (κ2) is 10.3. The molecule has 2 N–H and O–H groups in total. The largest absolute Gasteiger partial charge is 0.378 e. The molecule has 0 spiro atoms. The summed E-state index contributed by atoms with van der Waals surface area (Å²) in [5, 5.41) is 7.01. The van der Waals surface area contributed by atoms with E-state index in [4.69, 9.17) is 9.72 Å². The molecule has 0 unspecified atom stereocenters. The molecule has 0 radical (unpaired) electrons. The van der Waals surface area contributed by atoms with Crippen LogP contribution in [0.15, 0.2) is 79.6 Å². The minimum Gasteiger partial charge on any atom is -0.378 e. The van der Waals surface area contributed by atoms with Gasteiger partial charge in [0.05, 0.1) is 18.9 Å². The van der Waals surface area contributed by atoms with Gasteiger partial charge in [-0.05, 0) is 48.0 Å². The number of hydrogen-bond acceptors (Lipinski definition) is 7. The average molecular weight is 467 g/mol. The monoisotopic (exact) mass is 466 g/mol. The number of pyridine rings is 1. The van der Waals surface area contributed by atoms with Gasteiger partial charge in [0.15, 0.2) is 0 Å². The van der Waals surface area contributed by atoms with E-state index in [1.54, 1.807) is 12.4 Å². The van der Waals surface area contributed by atoms with Crippen molar-refractivity contribution in [2.24, 2.45) is 0 Å². The Hall–Kier alpha value is -4.30. The maximum atomic E-state index is 11.5. The van der Waals surface area contributed by atoms with Crippen molar-refractivity contribution < 1.29 is 9.53 Å². The molecule has 0 atom stereocenters. The Morgan fingerprint density at radius 2 is 1.91 bits per heavy atom. The fourth-order valence-corrected chi connectivity index (χ4v) is 4.02. The molecule has 0 aliphatic carbocycles. The fourth-order valence-electron chi connectivity index (χ4n) is 4.02. The lowest BCUT2D eigenvalue weighted by Crippen LogP contribution is -2.36. The van der Waals surface area contributed by atoms with Gasteiger partial charge in [0.2, 0.25) is 11.9 Å². The number of nitrogens with zero attached hydrogens (tertiary/aromatic N) is 4. The summed E-state index contributed by atoms with van der Waals surface area (Å²) in [6.45, 7) is 7.21. The Morgan fingerprint density at radius 3 is 2.71 bits per heavy atom. The molecule has 2 aromatic carbocycles. The number of morpholine rings is 1. The van der Waals surface area contributed by atoms with Gasteiger partial charge in [0.25, 0.3) is 0 Å². The first-order valence-electron chi connectivity index (χ1n) is 11.5. The average Bonchev–Trinajstić information content (AvgIpc) is 2.92. The Balaban J connectivity index is 1.39. The van der Waals surface area contributed by atoms with Gasteiger partial charge in [-0.1, -0.05) is 24.8 Å². The van der Waals surface area contributed by atoms with Gasteiger partial charge < -0.3 is 20.3 Å². The van der Waals surface area contributed by atoms with E-state index in [2.05, 4.69) is 44.2 Å². The lowest BCUT2D eigenvalue weighted by atomic mass is 10.1. The Morgan fingerprint density at radius 1 is 1.09 bits per heavy atom. The predicted octanol–water partition coefficient (Wildman–Crippen LogP) is 4.07. The lowest BCUT2D eigenvalue weighted by molar-refractivity contribution is -0.116. The van der Waals surface area contributed by atoms with E-state index in [1.165, 1.54) is 11.8 Å². The normalized spacial score (nSPS) is 13.4. The van der Waals surface area contributed by atoms with Crippen molar-refractivity contribution >= 4 is 34.1 Å². The highest BCUT2D eigenvalue weighted by Gasteiger charge is 2.12. The summed E-state index contributed by atoms with van der Waals surface area (Å²) in [6, 6.07) is 18.0. The smallest absolute Gasteiger partial charge is 0.243 e. The second-order valence-corrected chi connectivity index (χ2v) is 8.18. The van der Waals surface area contributed by atoms with Crippen LogP contribution < -0.4 is 15.5 Å². The molecule has 35 heavy (non-hydrogen) atoms. The van der Waals surface area contributed by atoms with E-state index < -0.39 is 0 Å². The third kappa shape index (κ3) is 5.28. The number of nitrogens with one attached hydrogen (secondary N) is 2. The molecule has 0 saturated carbocycles. The van der Waals surface area contributed by atoms with Gasteiger partial charge in [0.1, 0.15) is 5.52 Å². The third-order valence-electron chi connectivity index (χ3n) is 5.85. The van der Waals surface area contributed by atoms with E-state index in [-0.39, 0.29) is 5.91 Å². The van der Waals surface area contributed by atoms with E-state index in [1.807, 2.05) is 42.5 Å². The SMILES string of the molecule is C=CC(=O)NCc1cccc(-c2nccc3cnc(Nc4ccc(N5CCOCC5)cc4)nc23)c1. The van der Waals surface area contributed by atoms with Crippen molar-refractivity contribution in [2.45, 2.75) is 6.54 Å². The van der Waals surface area contributed by atoms with Gasteiger partial charge in [-0.25, -0.2) is 9.97 Å². The van der Waals surface area contributed by atoms with Crippen LogP contribution in [-0.4, -0.2) is 47.2 Å². The van der Waals surface area contributed by atoms with Gasteiger partial charge >= 0.3 is 0 Å². The Labute approximate surface area is 203 Å². The van der Waals surface area contributed by atoms with Crippen LogP contribution >= 0.6 is 0 Å². The fraction of sp³-hybridized carbons (Fsp3) is 0.185. The third-order valence-corrected chi connectivity index (χ3v) is 5.85. The maximum absolute atomic E-state index is 11.5. The highest BCUT2D eigenvalue weighted by Crippen LogP contribution is 2.27. The number of benzene rings is 2. The molecule has 2 aromatic heterocycles. The number of amides is 1. The summed E-state index contributed by atoms with van der Waals surface area (Å²) in [7, 11) is 0. The zero-order chi connectivity index (χ0) is 24.0. The summed E-state index contributed by atoms with van der Waals surface area (Å²) in [6.07, 6.45) is 4.81. The zero-order valence-electron chi connectivity index (χ0n) is 19.3. The van der Waals surface area contributed by atoms with Crippen molar-refractivity contribution in [1.82, 2.24) is 20.3 Å². The number of anilines is 3. The number of aromatic nitrogens is 3. The molecule has 5 rings (SSSR count). The molecule has 1 aliphatic heterocycles. The predicted molar refractivity (Wildman–Crippen MR) is 138 cm³/mol. The molecule has 1 aliphatic rings. The van der Waals surface area contributed by atoms with Crippen LogP contribution in [0.4, 0.5) is 17.3 Å². The molecule has 1 fully saturated rings. The summed E-state index contributed by atoms with van der Waals surface area (Å²) >= 11 is 0. The summed E-state index contributed by atoms with van der Waals surface area (Å²) < 4.78 is 5.44. The van der Waals surface area contributed by atoms with E-state index in [9.17, 15) is 4.79 Å². The van der Waals surface area contributed by atoms with Crippen molar-refractivity contribution in [3.8, 4) is 11.3 Å². The van der Waals surface area contributed by atoms with Crippen LogP contribution in [0, 0.1) is 0 Å². The number of hydrogen-bond donors (Lipinski definition) is 2. The molecule has 0 bridgehead atoms. The van der Waals surface area contributed by atoms with Gasteiger partial charge in [0, 0.05) is 54.4 Å². The van der Waals surface area contributed by atoms with Gasteiger partial charge in [-0.2, -0.15) is 0 Å². The minimum atomic E-state index is -0.208. The number of carbonyl (C=O) groups is 1. The molecule has 1 saturated heterocycles. The molecule has 3 heterocycles. The van der Waals surface area contributed by atoms with Crippen LogP contribution in [0.5, 0.6) is 0 Å². The lowest BCUT2D eigenvalue weighted by Gasteiger charge is -2.28. The van der Waals surface area contributed by atoms with E-state index in [0.717, 1.165) is 59.7 Å².